The number of halogens is 3. The first kappa shape index (κ1) is 12.0. The third kappa shape index (κ3) is 2.95. The quantitative estimate of drug-likeness (QED) is 0.724. The lowest BCUT2D eigenvalue weighted by Gasteiger charge is -2.29. The Labute approximate surface area is 85.2 Å². The van der Waals surface area contributed by atoms with E-state index in [1.807, 2.05) is 0 Å². The van der Waals surface area contributed by atoms with Gasteiger partial charge in [0.2, 0.25) is 0 Å². The zero-order valence-corrected chi connectivity index (χ0v) is 8.21. The molecule has 3 nitrogen and oxygen atoms in total. The summed E-state index contributed by atoms with van der Waals surface area (Å²) in [5.41, 5.74) is -0.559. The fourth-order valence-electron chi connectivity index (χ4n) is 1.45. The van der Waals surface area contributed by atoms with Gasteiger partial charge in [0.1, 0.15) is 6.04 Å². The van der Waals surface area contributed by atoms with E-state index in [1.165, 1.54) is 11.8 Å². The predicted octanol–water partition coefficient (Wildman–Crippen LogP) is 1.65. The van der Waals surface area contributed by atoms with Crippen molar-refractivity contribution in [1.29, 1.82) is 0 Å². The minimum Gasteiger partial charge on any atom is -0.480 e. The summed E-state index contributed by atoms with van der Waals surface area (Å²) in [7, 11) is 0. The van der Waals surface area contributed by atoms with E-state index in [0.717, 1.165) is 6.08 Å². The highest BCUT2D eigenvalue weighted by atomic mass is 19.4. The van der Waals surface area contributed by atoms with Crippen LogP contribution in [-0.2, 0) is 4.79 Å². The summed E-state index contributed by atoms with van der Waals surface area (Å²) in [5.74, 6) is -1.01. The Morgan fingerprint density at radius 2 is 2.20 bits per heavy atom. The topological polar surface area (TPSA) is 40.5 Å². The molecule has 6 heteroatoms. The summed E-state index contributed by atoms with van der Waals surface area (Å²) < 4.78 is 36.7. The van der Waals surface area contributed by atoms with Gasteiger partial charge >= 0.3 is 12.1 Å². The van der Waals surface area contributed by atoms with Crippen LogP contribution in [0.2, 0.25) is 0 Å². The van der Waals surface area contributed by atoms with Crippen molar-refractivity contribution in [2.75, 3.05) is 13.1 Å². The van der Waals surface area contributed by atoms with E-state index in [2.05, 4.69) is 0 Å². The minimum absolute atomic E-state index is 0.0440. The van der Waals surface area contributed by atoms with Crippen molar-refractivity contribution in [1.82, 2.24) is 4.90 Å². The van der Waals surface area contributed by atoms with Gasteiger partial charge in [-0.05, 0) is 13.3 Å². The number of rotatable bonds is 2. The largest absolute Gasteiger partial charge is 0.480 e. The van der Waals surface area contributed by atoms with Crippen LogP contribution in [0.4, 0.5) is 13.2 Å². The van der Waals surface area contributed by atoms with Gasteiger partial charge in [-0.25, -0.2) is 0 Å². The van der Waals surface area contributed by atoms with E-state index in [-0.39, 0.29) is 19.5 Å². The maximum Gasteiger partial charge on any atom is 0.412 e. The Morgan fingerprint density at radius 3 is 2.53 bits per heavy atom. The molecule has 0 saturated heterocycles. The number of hydrogen-bond donors (Lipinski definition) is 1. The normalized spacial score (nSPS) is 20.9. The first-order valence-electron chi connectivity index (χ1n) is 4.55. The van der Waals surface area contributed by atoms with Gasteiger partial charge in [-0.15, -0.1) is 0 Å². The SMILES string of the molecule is CC(C(=O)O)N1CC=C(C(F)(F)F)CC1. The number of alkyl halides is 3. The Kier molecular flexibility index (Phi) is 3.38. The van der Waals surface area contributed by atoms with Crippen molar-refractivity contribution >= 4 is 5.97 Å². The number of nitrogens with zero attached hydrogens (tertiary/aromatic N) is 1. The van der Waals surface area contributed by atoms with Gasteiger partial charge < -0.3 is 5.11 Å². The van der Waals surface area contributed by atoms with Gasteiger partial charge in [0.25, 0.3) is 0 Å². The fraction of sp³-hybridized carbons (Fsp3) is 0.667. The molecule has 0 saturated carbocycles. The van der Waals surface area contributed by atoms with E-state index in [1.54, 1.807) is 0 Å². The molecule has 0 aromatic rings. The second kappa shape index (κ2) is 4.22. The highest BCUT2D eigenvalue weighted by molar-refractivity contribution is 5.72. The highest BCUT2D eigenvalue weighted by Gasteiger charge is 2.35. The van der Waals surface area contributed by atoms with Gasteiger partial charge in [0.15, 0.2) is 0 Å². The maximum absolute atomic E-state index is 12.2. The molecule has 15 heavy (non-hydrogen) atoms. The van der Waals surface area contributed by atoms with Gasteiger partial charge in [0.05, 0.1) is 0 Å². The van der Waals surface area contributed by atoms with E-state index in [9.17, 15) is 18.0 Å². The molecule has 0 aromatic carbocycles. The number of hydrogen-bond acceptors (Lipinski definition) is 2. The standard InChI is InChI=1S/C9H12F3NO2/c1-6(8(14)15)13-4-2-7(3-5-13)9(10,11)12/h2,6H,3-5H2,1H3,(H,14,15). The lowest BCUT2D eigenvalue weighted by atomic mass is 10.1. The van der Waals surface area contributed by atoms with Crippen LogP contribution >= 0.6 is 0 Å². The lowest BCUT2D eigenvalue weighted by molar-refractivity contribution is -0.142. The van der Waals surface area contributed by atoms with Crippen molar-refractivity contribution in [3.63, 3.8) is 0 Å². The Hall–Kier alpha value is -1.04. The fourth-order valence-corrected chi connectivity index (χ4v) is 1.45. The van der Waals surface area contributed by atoms with Crippen molar-refractivity contribution in [2.24, 2.45) is 0 Å². The smallest absolute Gasteiger partial charge is 0.412 e. The summed E-state index contributed by atoms with van der Waals surface area (Å²) >= 11 is 0. The molecule has 0 aliphatic carbocycles. The summed E-state index contributed by atoms with van der Waals surface area (Å²) in [5, 5.41) is 8.68. The van der Waals surface area contributed by atoms with Crippen molar-refractivity contribution in [2.45, 2.75) is 25.6 Å². The number of carbonyl (C=O) groups is 1. The summed E-state index contributed by atoms with van der Waals surface area (Å²) in [6.45, 7) is 1.65. The van der Waals surface area contributed by atoms with Crippen LogP contribution in [0.3, 0.4) is 0 Å². The first-order chi connectivity index (χ1) is 6.82. The molecular formula is C9H12F3NO2. The van der Waals surface area contributed by atoms with Crippen LogP contribution in [0.5, 0.6) is 0 Å². The average molecular weight is 223 g/mol. The number of aliphatic carboxylic acids is 1. The molecule has 0 aromatic heterocycles. The second-order valence-corrected chi connectivity index (χ2v) is 3.49. The molecule has 0 amide bonds. The molecule has 0 bridgehead atoms. The third-order valence-electron chi connectivity index (χ3n) is 2.51. The van der Waals surface area contributed by atoms with Crippen molar-refractivity contribution < 1.29 is 23.1 Å². The molecule has 1 atom stereocenters. The van der Waals surface area contributed by atoms with Gasteiger partial charge in [-0.2, -0.15) is 13.2 Å². The molecule has 1 unspecified atom stereocenters. The maximum atomic E-state index is 12.2. The van der Waals surface area contributed by atoms with Crippen LogP contribution in [0.1, 0.15) is 13.3 Å². The van der Waals surface area contributed by atoms with E-state index in [4.69, 9.17) is 5.11 Å². The zero-order chi connectivity index (χ0) is 11.6. The molecule has 0 fully saturated rings. The molecule has 1 N–H and O–H groups in total. The van der Waals surface area contributed by atoms with E-state index in [0.29, 0.717) is 0 Å². The summed E-state index contributed by atoms with van der Waals surface area (Å²) in [6.07, 6.45) is -3.36. The number of carboxylic acid groups (broad SMARTS) is 1. The van der Waals surface area contributed by atoms with Crippen molar-refractivity contribution in [3.05, 3.63) is 11.6 Å². The Bertz CT molecular complexity index is 286. The molecule has 86 valence electrons. The molecule has 1 heterocycles. The molecule has 1 rings (SSSR count). The predicted molar refractivity (Wildman–Crippen MR) is 47.4 cm³/mol. The van der Waals surface area contributed by atoms with Crippen LogP contribution < -0.4 is 0 Å². The van der Waals surface area contributed by atoms with Gasteiger partial charge in [-0.3, -0.25) is 9.69 Å². The van der Waals surface area contributed by atoms with Crippen LogP contribution in [0.25, 0.3) is 0 Å². The lowest BCUT2D eigenvalue weighted by Crippen LogP contribution is -2.42. The Balaban J connectivity index is 2.62. The minimum atomic E-state index is -4.28. The summed E-state index contributed by atoms with van der Waals surface area (Å²) in [6, 6.07) is -0.740. The molecule has 0 spiro atoms. The van der Waals surface area contributed by atoms with Crippen LogP contribution in [0, 0.1) is 0 Å². The Morgan fingerprint density at radius 1 is 1.60 bits per heavy atom. The van der Waals surface area contributed by atoms with Gasteiger partial charge in [-0.1, -0.05) is 6.08 Å². The summed E-state index contributed by atoms with van der Waals surface area (Å²) in [4.78, 5) is 12.1. The first-order valence-corrected chi connectivity index (χ1v) is 4.55. The van der Waals surface area contributed by atoms with Crippen molar-refractivity contribution in [3.8, 4) is 0 Å². The van der Waals surface area contributed by atoms with E-state index < -0.39 is 23.8 Å². The molecule has 1 aliphatic heterocycles. The second-order valence-electron chi connectivity index (χ2n) is 3.49. The van der Waals surface area contributed by atoms with Gasteiger partial charge in [0, 0.05) is 18.7 Å². The number of carboxylic acids is 1. The van der Waals surface area contributed by atoms with Crippen LogP contribution in [-0.4, -0.2) is 41.3 Å². The average Bonchev–Trinajstić information content (AvgIpc) is 2.15. The highest BCUT2D eigenvalue weighted by Crippen LogP contribution is 2.30. The van der Waals surface area contributed by atoms with Crippen LogP contribution in [0.15, 0.2) is 11.6 Å². The molecule has 0 radical (unpaired) electrons. The third-order valence-corrected chi connectivity index (χ3v) is 2.51. The zero-order valence-electron chi connectivity index (χ0n) is 8.21. The van der Waals surface area contributed by atoms with E-state index >= 15 is 0 Å². The molecular weight excluding hydrogens is 211 g/mol. The monoisotopic (exact) mass is 223 g/mol. The molecule has 1 aliphatic rings.